The van der Waals surface area contributed by atoms with Crippen LogP contribution in [0, 0.1) is 0 Å². The summed E-state index contributed by atoms with van der Waals surface area (Å²) < 4.78 is 33.1. The third kappa shape index (κ3) is 36.9. The Bertz CT molecular complexity index is 1160. The van der Waals surface area contributed by atoms with E-state index >= 15 is 0 Å². The van der Waals surface area contributed by atoms with E-state index in [2.05, 4.69) is 117 Å². The van der Waals surface area contributed by atoms with E-state index in [0.29, 0.717) is 19.4 Å². The van der Waals surface area contributed by atoms with Crippen molar-refractivity contribution in [3.05, 3.63) is 109 Å². The van der Waals surface area contributed by atoms with E-state index in [9.17, 15) is 19.4 Å². The van der Waals surface area contributed by atoms with Gasteiger partial charge in [0.15, 0.2) is 0 Å². The van der Waals surface area contributed by atoms with Gasteiger partial charge in [-0.3, -0.25) is 13.8 Å². The zero-order valence-electron chi connectivity index (χ0n) is 31.7. The summed E-state index contributed by atoms with van der Waals surface area (Å²) in [6, 6.07) is 0. The van der Waals surface area contributed by atoms with Gasteiger partial charge in [0.05, 0.1) is 26.4 Å². The van der Waals surface area contributed by atoms with Crippen LogP contribution < -0.4 is 0 Å². The van der Waals surface area contributed by atoms with Crippen LogP contribution in [0.2, 0.25) is 0 Å². The summed E-state index contributed by atoms with van der Waals surface area (Å²) in [5.41, 5.74) is 0. The van der Waals surface area contributed by atoms with Crippen LogP contribution in [0.1, 0.15) is 104 Å². The average molecular weight is 747 g/mol. The Hall–Kier alpha value is -2.88. The first-order valence-electron chi connectivity index (χ1n) is 18.9. The number of phosphoric acid groups is 1. The second kappa shape index (κ2) is 37.9. The number of hydrogen-bond donors (Lipinski definition) is 3. The fraction of sp³-hybridized carbons (Fsp3) is 0.548. The van der Waals surface area contributed by atoms with E-state index in [-0.39, 0.29) is 13.0 Å². The minimum absolute atomic E-state index is 0.0199. The predicted molar refractivity (Wildman–Crippen MR) is 214 cm³/mol. The normalized spacial score (nSPS) is 15.4. The maximum atomic E-state index is 12.5. The molecule has 0 rings (SSSR count). The highest BCUT2D eigenvalue weighted by atomic mass is 31.2. The number of hydrogen-bond acceptors (Lipinski definition) is 8. The van der Waals surface area contributed by atoms with Gasteiger partial charge in [-0.15, -0.1) is 0 Å². The second-order valence-electron chi connectivity index (χ2n) is 11.8. The van der Waals surface area contributed by atoms with Gasteiger partial charge in [-0.1, -0.05) is 123 Å². The molecule has 0 amide bonds. The van der Waals surface area contributed by atoms with Crippen LogP contribution >= 0.6 is 7.82 Å². The molecule has 0 spiro atoms. The zero-order chi connectivity index (χ0) is 38.2. The SMILES string of the molecule is CC/C=C\C/C=C\C/C=C\C/C=C\C/C=C\CCCC(=O)OC(COCCC/C=C\C/C=C\C/C=C\C/C=C\CC)COP(=O)(O)OCC(O)CO. The van der Waals surface area contributed by atoms with Gasteiger partial charge in [0.2, 0.25) is 0 Å². The van der Waals surface area contributed by atoms with E-state index < -0.39 is 45.8 Å². The molecule has 0 radical (unpaired) electrons. The van der Waals surface area contributed by atoms with Crippen LogP contribution in [-0.2, 0) is 27.9 Å². The Kier molecular flexibility index (Phi) is 35.8. The lowest BCUT2D eigenvalue weighted by Crippen LogP contribution is -2.29. The Morgan fingerprint density at radius 2 is 1.00 bits per heavy atom. The lowest BCUT2D eigenvalue weighted by Gasteiger charge is -2.20. The quantitative estimate of drug-likeness (QED) is 0.0255. The molecule has 0 bridgehead atoms. The average Bonchev–Trinajstić information content (AvgIpc) is 3.13. The van der Waals surface area contributed by atoms with Crippen LogP contribution in [0.3, 0.4) is 0 Å². The highest BCUT2D eigenvalue weighted by Crippen LogP contribution is 2.43. The Balaban J connectivity index is 4.48. The molecule has 3 atom stereocenters. The maximum Gasteiger partial charge on any atom is 0.472 e. The molecule has 0 aromatic carbocycles. The van der Waals surface area contributed by atoms with Crippen LogP contribution in [0.5, 0.6) is 0 Å². The summed E-state index contributed by atoms with van der Waals surface area (Å²) in [6.45, 7) is 3.00. The fourth-order valence-electron chi connectivity index (χ4n) is 4.16. The molecule has 0 aromatic rings. The number of phosphoric ester groups is 1. The summed E-state index contributed by atoms with van der Waals surface area (Å²) in [5.74, 6) is -0.464. The van der Waals surface area contributed by atoms with Crippen molar-refractivity contribution in [2.45, 2.75) is 116 Å². The number of esters is 1. The smallest absolute Gasteiger partial charge is 0.457 e. The molecule has 294 valence electrons. The second-order valence-corrected chi connectivity index (χ2v) is 13.3. The summed E-state index contributed by atoms with van der Waals surface area (Å²) in [5, 5.41) is 18.3. The first kappa shape index (κ1) is 49.1. The van der Waals surface area contributed by atoms with Crippen molar-refractivity contribution in [3.63, 3.8) is 0 Å². The maximum absolute atomic E-state index is 12.5. The number of rotatable bonds is 34. The number of carbonyl (C=O) groups excluding carboxylic acids is 1. The molecule has 10 heteroatoms. The molecule has 3 unspecified atom stereocenters. The monoisotopic (exact) mass is 746 g/mol. The van der Waals surface area contributed by atoms with Crippen LogP contribution in [0.4, 0.5) is 0 Å². The minimum atomic E-state index is -4.55. The zero-order valence-corrected chi connectivity index (χ0v) is 32.6. The summed E-state index contributed by atoms with van der Waals surface area (Å²) >= 11 is 0. The number of unbranched alkanes of at least 4 members (excludes halogenated alkanes) is 2. The molecule has 0 aliphatic rings. The highest BCUT2D eigenvalue weighted by molar-refractivity contribution is 7.47. The highest BCUT2D eigenvalue weighted by Gasteiger charge is 2.26. The number of carbonyl (C=O) groups is 1. The van der Waals surface area contributed by atoms with Crippen LogP contribution in [0.15, 0.2) is 109 Å². The van der Waals surface area contributed by atoms with Gasteiger partial charge in [0.1, 0.15) is 12.2 Å². The summed E-state index contributed by atoms with van der Waals surface area (Å²) in [4.78, 5) is 22.5. The number of ether oxygens (including phenoxy) is 2. The molecule has 0 saturated carbocycles. The van der Waals surface area contributed by atoms with Gasteiger partial charge in [-0.05, 0) is 83.5 Å². The van der Waals surface area contributed by atoms with Crippen molar-refractivity contribution >= 4 is 13.8 Å². The van der Waals surface area contributed by atoms with Crippen molar-refractivity contribution in [2.24, 2.45) is 0 Å². The minimum Gasteiger partial charge on any atom is -0.457 e. The van der Waals surface area contributed by atoms with Crippen LogP contribution in [0.25, 0.3) is 0 Å². The number of aliphatic hydroxyl groups excluding tert-OH is 2. The number of allylic oxidation sites excluding steroid dienone is 18. The van der Waals surface area contributed by atoms with Crippen molar-refractivity contribution in [2.75, 3.05) is 33.0 Å². The third-order valence-electron chi connectivity index (χ3n) is 6.95. The molecule has 0 fully saturated rings. The van der Waals surface area contributed by atoms with E-state index in [1.807, 2.05) is 6.08 Å². The third-order valence-corrected chi connectivity index (χ3v) is 7.90. The van der Waals surface area contributed by atoms with Gasteiger partial charge in [0, 0.05) is 13.0 Å². The first-order valence-corrected chi connectivity index (χ1v) is 20.4. The van der Waals surface area contributed by atoms with Gasteiger partial charge in [0.25, 0.3) is 0 Å². The van der Waals surface area contributed by atoms with Crippen molar-refractivity contribution in [1.29, 1.82) is 0 Å². The molecular formula is C42H67O9P. The molecule has 0 aliphatic carbocycles. The molecular weight excluding hydrogens is 679 g/mol. The van der Waals surface area contributed by atoms with Gasteiger partial charge in [-0.25, -0.2) is 4.57 Å². The molecule has 52 heavy (non-hydrogen) atoms. The Morgan fingerprint density at radius 3 is 1.44 bits per heavy atom. The van der Waals surface area contributed by atoms with Crippen LogP contribution in [-0.4, -0.2) is 66.3 Å². The van der Waals surface area contributed by atoms with E-state index in [1.165, 1.54) is 0 Å². The van der Waals surface area contributed by atoms with Gasteiger partial charge < -0.3 is 24.6 Å². The van der Waals surface area contributed by atoms with E-state index in [1.54, 1.807) is 0 Å². The standard InChI is InChI=1S/C42H67O9P/c1-3-5-7-9-11-13-15-17-19-20-21-22-24-26-28-30-32-34-42(45)51-41(39-50-52(46,47)49-37-40(44)36-43)38-48-35-33-31-29-27-25-23-18-16-14-12-10-8-6-4-2/h5-8,11-14,17-19,21-23,26-29,40-41,43-44H,3-4,9-10,15-16,20,24-25,30-39H2,1-2H3,(H,46,47)/b7-5-,8-6-,13-11-,14-12-,19-17-,22-21-,23-18-,28-26-,29-27-. The first-order chi connectivity index (χ1) is 25.3. The Labute approximate surface area is 314 Å². The Morgan fingerprint density at radius 1 is 0.596 bits per heavy atom. The topological polar surface area (TPSA) is 132 Å². The lowest BCUT2D eigenvalue weighted by atomic mass is 10.2. The fourth-order valence-corrected chi connectivity index (χ4v) is 4.95. The van der Waals surface area contributed by atoms with Crippen molar-refractivity contribution < 1.29 is 43.0 Å². The van der Waals surface area contributed by atoms with E-state index in [0.717, 1.165) is 70.6 Å². The van der Waals surface area contributed by atoms with Crippen molar-refractivity contribution in [3.8, 4) is 0 Å². The molecule has 0 aliphatic heterocycles. The predicted octanol–water partition coefficient (Wildman–Crippen LogP) is 9.91. The number of aliphatic hydroxyl groups is 2. The van der Waals surface area contributed by atoms with Gasteiger partial charge in [-0.2, -0.15) is 0 Å². The summed E-state index contributed by atoms with van der Waals surface area (Å²) in [6.07, 6.45) is 47.8. The van der Waals surface area contributed by atoms with Gasteiger partial charge >= 0.3 is 13.8 Å². The largest absolute Gasteiger partial charge is 0.472 e. The lowest BCUT2D eigenvalue weighted by molar-refractivity contribution is -0.154. The molecule has 0 aromatic heterocycles. The van der Waals surface area contributed by atoms with E-state index in [4.69, 9.17) is 23.6 Å². The molecule has 9 nitrogen and oxygen atoms in total. The van der Waals surface area contributed by atoms with Crippen molar-refractivity contribution in [1.82, 2.24) is 0 Å². The molecule has 3 N–H and O–H groups in total. The molecule has 0 saturated heterocycles. The summed E-state index contributed by atoms with van der Waals surface area (Å²) in [7, 11) is -4.55. The molecule has 0 heterocycles.